The van der Waals surface area contributed by atoms with Crippen LogP contribution in [0.25, 0.3) is 11.3 Å². The highest BCUT2D eigenvalue weighted by molar-refractivity contribution is 6.03. The molecule has 0 radical (unpaired) electrons. The first-order valence-corrected chi connectivity index (χ1v) is 10.4. The molecular weight excluding hydrogens is 394 g/mol. The number of anilines is 3. The molecule has 8 heteroatoms. The highest BCUT2D eigenvalue weighted by Crippen LogP contribution is 2.36. The molecule has 0 saturated carbocycles. The number of carbonyl (C=O) groups excluding carboxylic acids is 1. The molecule has 3 aromatic rings. The number of rotatable bonds is 3. The fourth-order valence-electron chi connectivity index (χ4n) is 3.95. The van der Waals surface area contributed by atoms with Gasteiger partial charge in [-0.25, -0.2) is 9.78 Å². The zero-order valence-corrected chi connectivity index (χ0v) is 17.0. The van der Waals surface area contributed by atoms with E-state index >= 15 is 0 Å². The number of aromatic nitrogens is 2. The molecule has 2 amide bonds. The van der Waals surface area contributed by atoms with Gasteiger partial charge >= 0.3 is 6.03 Å². The Morgan fingerprint density at radius 3 is 2.58 bits per heavy atom. The van der Waals surface area contributed by atoms with Crippen LogP contribution < -0.4 is 15.1 Å². The third-order valence-electron chi connectivity index (χ3n) is 5.50. The Morgan fingerprint density at radius 1 is 1.00 bits per heavy atom. The second-order valence-electron chi connectivity index (χ2n) is 7.52. The molecule has 5 rings (SSSR count). The van der Waals surface area contributed by atoms with Crippen LogP contribution in [0.5, 0.6) is 5.75 Å². The number of nitrogens with one attached hydrogen (secondary N) is 1. The van der Waals surface area contributed by atoms with E-state index in [4.69, 9.17) is 14.7 Å². The highest BCUT2D eigenvalue weighted by atomic mass is 16.5. The van der Waals surface area contributed by atoms with Crippen LogP contribution in [0.3, 0.4) is 0 Å². The van der Waals surface area contributed by atoms with Gasteiger partial charge in [-0.15, -0.1) is 0 Å². The van der Waals surface area contributed by atoms with Gasteiger partial charge in [0, 0.05) is 36.4 Å². The van der Waals surface area contributed by atoms with Crippen LogP contribution in [0.4, 0.5) is 22.2 Å². The van der Waals surface area contributed by atoms with Gasteiger partial charge in [0.15, 0.2) is 0 Å². The van der Waals surface area contributed by atoms with Crippen LogP contribution in [-0.2, 0) is 11.2 Å². The van der Waals surface area contributed by atoms with Crippen molar-refractivity contribution in [1.29, 1.82) is 0 Å². The topological polar surface area (TPSA) is 90.8 Å². The highest BCUT2D eigenvalue weighted by Gasteiger charge is 2.31. The summed E-state index contributed by atoms with van der Waals surface area (Å²) >= 11 is 0. The van der Waals surface area contributed by atoms with Crippen molar-refractivity contribution in [1.82, 2.24) is 9.97 Å². The monoisotopic (exact) mass is 417 g/mol. The second-order valence-corrected chi connectivity index (χ2v) is 7.52. The number of urea groups is 1. The maximum Gasteiger partial charge on any atom is 0.327 e. The summed E-state index contributed by atoms with van der Waals surface area (Å²) in [5.74, 6) is 1.36. The Morgan fingerprint density at radius 2 is 1.81 bits per heavy atom. The minimum Gasteiger partial charge on any atom is -0.508 e. The van der Waals surface area contributed by atoms with Gasteiger partial charge in [0.1, 0.15) is 11.6 Å². The SMILES string of the molecule is O=C(Nc1ccccc1)N1CCc2c(-c3cccc(O)c3)nc(N3CCOCC3)nc21. The molecular formula is C23H23N5O3. The first kappa shape index (κ1) is 19.3. The molecule has 3 heterocycles. The van der Waals surface area contributed by atoms with E-state index in [9.17, 15) is 9.90 Å². The molecule has 1 fully saturated rings. The van der Waals surface area contributed by atoms with Gasteiger partial charge in [0.2, 0.25) is 5.95 Å². The number of hydrogen-bond donors (Lipinski definition) is 2. The Bertz CT molecular complexity index is 1100. The van der Waals surface area contributed by atoms with Crippen molar-refractivity contribution in [2.45, 2.75) is 6.42 Å². The maximum atomic E-state index is 13.0. The average molecular weight is 417 g/mol. The predicted octanol–water partition coefficient (Wildman–Crippen LogP) is 3.28. The van der Waals surface area contributed by atoms with Crippen LogP contribution in [0.15, 0.2) is 54.6 Å². The largest absolute Gasteiger partial charge is 0.508 e. The Labute approximate surface area is 180 Å². The van der Waals surface area contributed by atoms with Gasteiger partial charge in [0.05, 0.1) is 18.9 Å². The van der Waals surface area contributed by atoms with Gasteiger partial charge in [-0.05, 0) is 30.7 Å². The predicted molar refractivity (Wildman–Crippen MR) is 119 cm³/mol. The zero-order valence-electron chi connectivity index (χ0n) is 17.0. The summed E-state index contributed by atoms with van der Waals surface area (Å²) in [6.45, 7) is 3.12. The van der Waals surface area contributed by atoms with Crippen molar-refractivity contribution < 1.29 is 14.6 Å². The zero-order chi connectivity index (χ0) is 21.2. The molecule has 158 valence electrons. The van der Waals surface area contributed by atoms with Crippen molar-refractivity contribution in [3.05, 3.63) is 60.2 Å². The molecule has 2 N–H and O–H groups in total. The summed E-state index contributed by atoms with van der Waals surface area (Å²) in [7, 11) is 0. The smallest absolute Gasteiger partial charge is 0.327 e. The molecule has 8 nitrogen and oxygen atoms in total. The van der Waals surface area contributed by atoms with E-state index in [2.05, 4.69) is 10.2 Å². The lowest BCUT2D eigenvalue weighted by atomic mass is 10.1. The van der Waals surface area contributed by atoms with Crippen LogP contribution in [0.2, 0.25) is 0 Å². The molecule has 0 atom stereocenters. The van der Waals surface area contributed by atoms with Crippen molar-refractivity contribution in [3.8, 4) is 17.0 Å². The number of para-hydroxylation sites is 1. The van der Waals surface area contributed by atoms with E-state index in [-0.39, 0.29) is 11.8 Å². The number of nitrogens with zero attached hydrogens (tertiary/aromatic N) is 4. The van der Waals surface area contributed by atoms with Gasteiger partial charge in [-0.1, -0.05) is 30.3 Å². The van der Waals surface area contributed by atoms with Crippen molar-refractivity contribution in [2.24, 2.45) is 0 Å². The first-order valence-electron chi connectivity index (χ1n) is 10.4. The van der Waals surface area contributed by atoms with E-state index in [1.165, 1.54) is 0 Å². The first-order chi connectivity index (χ1) is 15.2. The Kier molecular flexibility index (Phi) is 5.13. The average Bonchev–Trinajstić information content (AvgIpc) is 3.24. The lowest BCUT2D eigenvalue weighted by molar-refractivity contribution is 0.122. The number of carbonyl (C=O) groups is 1. The minimum absolute atomic E-state index is 0.175. The van der Waals surface area contributed by atoms with Gasteiger partial charge < -0.3 is 20.1 Å². The summed E-state index contributed by atoms with van der Waals surface area (Å²) in [5.41, 5.74) is 3.19. The number of fused-ring (bicyclic) bond motifs is 1. The van der Waals surface area contributed by atoms with E-state index in [0.29, 0.717) is 51.0 Å². The minimum atomic E-state index is -0.224. The summed E-state index contributed by atoms with van der Waals surface area (Å²) in [4.78, 5) is 26.4. The van der Waals surface area contributed by atoms with Crippen molar-refractivity contribution >= 4 is 23.5 Å². The molecule has 2 aliphatic heterocycles. The lowest BCUT2D eigenvalue weighted by Gasteiger charge is -2.28. The number of benzene rings is 2. The number of phenolic OH excluding ortho intramolecular Hbond substituents is 1. The van der Waals surface area contributed by atoms with Crippen LogP contribution >= 0.6 is 0 Å². The van der Waals surface area contributed by atoms with Crippen LogP contribution in [-0.4, -0.2) is 54.0 Å². The number of morpholine rings is 1. The summed E-state index contributed by atoms with van der Waals surface area (Å²) in [5, 5.41) is 12.9. The number of ether oxygens (including phenoxy) is 1. The molecule has 1 aromatic heterocycles. The number of amides is 2. The summed E-state index contributed by atoms with van der Waals surface area (Å²) in [6.07, 6.45) is 0.645. The molecule has 0 aliphatic carbocycles. The molecule has 1 saturated heterocycles. The Hall–Kier alpha value is -3.65. The number of aromatic hydroxyl groups is 1. The summed E-state index contributed by atoms with van der Waals surface area (Å²) < 4.78 is 5.47. The van der Waals surface area contributed by atoms with Gasteiger partial charge in [0.25, 0.3) is 0 Å². The second kappa shape index (κ2) is 8.23. The Balaban J connectivity index is 1.55. The fraction of sp³-hybridized carbons (Fsp3) is 0.261. The third-order valence-corrected chi connectivity index (χ3v) is 5.50. The standard InChI is InChI=1S/C23H23N5O3/c29-18-8-4-5-16(15-18)20-19-9-10-28(23(30)24-17-6-2-1-3-7-17)21(19)26-22(25-20)27-11-13-31-14-12-27/h1-8,15,29H,9-14H2,(H,24,30). The third kappa shape index (κ3) is 3.89. The molecule has 31 heavy (non-hydrogen) atoms. The van der Waals surface area contributed by atoms with Crippen LogP contribution in [0.1, 0.15) is 5.56 Å². The van der Waals surface area contributed by atoms with Crippen molar-refractivity contribution in [2.75, 3.05) is 48.0 Å². The number of phenols is 1. The fourth-order valence-corrected chi connectivity index (χ4v) is 3.95. The molecule has 0 unspecified atom stereocenters. The molecule has 2 aliphatic rings. The summed E-state index contributed by atoms with van der Waals surface area (Å²) in [6, 6.07) is 16.2. The van der Waals surface area contributed by atoms with E-state index < -0.39 is 0 Å². The lowest BCUT2D eigenvalue weighted by Crippen LogP contribution is -2.38. The number of hydrogen-bond acceptors (Lipinski definition) is 6. The molecule has 0 spiro atoms. The normalized spacial score (nSPS) is 15.6. The van der Waals surface area contributed by atoms with E-state index in [1.807, 2.05) is 36.4 Å². The van der Waals surface area contributed by atoms with Crippen LogP contribution in [0, 0.1) is 0 Å². The van der Waals surface area contributed by atoms with E-state index in [1.54, 1.807) is 23.1 Å². The van der Waals surface area contributed by atoms with Crippen molar-refractivity contribution in [3.63, 3.8) is 0 Å². The maximum absolute atomic E-state index is 13.0. The molecule has 2 aromatic carbocycles. The van der Waals surface area contributed by atoms with Gasteiger partial charge in [-0.2, -0.15) is 4.98 Å². The quantitative estimate of drug-likeness (QED) is 0.680. The van der Waals surface area contributed by atoms with Gasteiger partial charge in [-0.3, -0.25) is 4.90 Å². The van der Waals surface area contributed by atoms with E-state index in [0.717, 1.165) is 22.5 Å². The molecule has 0 bridgehead atoms.